The molecule has 0 aliphatic heterocycles. The molecule has 2 atom stereocenters. The molecular formula is C21H34BrNO7. The van der Waals surface area contributed by atoms with E-state index in [1.54, 1.807) is 7.11 Å². The Balaban J connectivity index is 2.86. The minimum absolute atomic E-state index is 0.0704. The number of carbonyl (C=O) groups is 1. The minimum atomic E-state index is -0.581. The molecule has 0 aromatic heterocycles. The van der Waals surface area contributed by atoms with Crippen molar-refractivity contribution in [3.63, 3.8) is 0 Å². The highest BCUT2D eigenvalue weighted by molar-refractivity contribution is 9.10. The van der Waals surface area contributed by atoms with E-state index in [0.29, 0.717) is 12.4 Å². The van der Waals surface area contributed by atoms with Crippen molar-refractivity contribution in [1.82, 2.24) is 5.32 Å². The van der Waals surface area contributed by atoms with E-state index in [4.69, 9.17) is 28.4 Å². The van der Waals surface area contributed by atoms with E-state index < -0.39 is 17.8 Å². The van der Waals surface area contributed by atoms with Crippen molar-refractivity contribution < 1.29 is 33.2 Å². The Kier molecular flexibility index (Phi) is 12.3. The van der Waals surface area contributed by atoms with Gasteiger partial charge in [-0.25, -0.2) is 4.79 Å². The van der Waals surface area contributed by atoms with Gasteiger partial charge in [0.25, 0.3) is 0 Å². The number of rotatable bonds is 13. The monoisotopic (exact) mass is 491 g/mol. The lowest BCUT2D eigenvalue weighted by atomic mass is 10.1. The van der Waals surface area contributed by atoms with E-state index in [1.165, 1.54) is 7.11 Å². The summed E-state index contributed by atoms with van der Waals surface area (Å²) in [5, 5.41) is 2.74. The Morgan fingerprint density at radius 1 is 1.13 bits per heavy atom. The van der Waals surface area contributed by atoms with Crippen molar-refractivity contribution in [2.75, 3.05) is 41.0 Å². The zero-order valence-corrected chi connectivity index (χ0v) is 20.2. The molecular weight excluding hydrogens is 458 g/mol. The van der Waals surface area contributed by atoms with Crippen LogP contribution in [-0.4, -0.2) is 58.8 Å². The van der Waals surface area contributed by atoms with Gasteiger partial charge in [0, 0.05) is 19.8 Å². The molecule has 1 unspecified atom stereocenters. The predicted octanol–water partition coefficient (Wildman–Crippen LogP) is 4.41. The smallest absolute Gasteiger partial charge is 0.407 e. The molecule has 8 nitrogen and oxygen atoms in total. The van der Waals surface area contributed by atoms with Crippen molar-refractivity contribution in [3.05, 3.63) is 28.2 Å². The Bertz CT molecular complexity index is 636. The number of methoxy groups -OCH3 is 2. The normalized spacial score (nSPS) is 13.6. The number of hydrogen-bond acceptors (Lipinski definition) is 7. The average molecular weight is 492 g/mol. The lowest BCUT2D eigenvalue weighted by Gasteiger charge is -2.24. The van der Waals surface area contributed by atoms with E-state index in [2.05, 4.69) is 21.2 Å². The summed E-state index contributed by atoms with van der Waals surface area (Å²) in [4.78, 5) is 12.0. The molecule has 30 heavy (non-hydrogen) atoms. The third-order valence-corrected chi connectivity index (χ3v) is 4.71. The number of nitrogens with one attached hydrogen (secondary N) is 1. The van der Waals surface area contributed by atoms with Gasteiger partial charge in [0.05, 0.1) is 17.1 Å². The van der Waals surface area contributed by atoms with Crippen LogP contribution in [0.2, 0.25) is 0 Å². The highest BCUT2D eigenvalue weighted by Crippen LogP contribution is 2.34. The standard InChI is InChI=1S/C21H34BrNO7/c1-7-15(28-13-25-5)12-27-17-10-8-9-16(19(17)22)18(29-14-26-6)11-23-20(24)30-21(2,3)4/h8-10,15,18H,7,11-14H2,1-6H3,(H,23,24)/t15-,18?/m1/s1. The second-order valence-corrected chi connectivity index (χ2v) is 8.31. The predicted molar refractivity (Wildman–Crippen MR) is 117 cm³/mol. The van der Waals surface area contributed by atoms with Crippen molar-refractivity contribution in [2.45, 2.75) is 51.9 Å². The molecule has 1 aromatic rings. The van der Waals surface area contributed by atoms with Crippen molar-refractivity contribution >= 4 is 22.0 Å². The number of ether oxygens (including phenoxy) is 6. The summed E-state index contributed by atoms with van der Waals surface area (Å²) < 4.78 is 33.3. The van der Waals surface area contributed by atoms with Gasteiger partial charge in [-0.1, -0.05) is 19.1 Å². The number of benzene rings is 1. The second-order valence-electron chi connectivity index (χ2n) is 7.52. The first-order valence-corrected chi connectivity index (χ1v) is 10.6. The molecule has 0 aliphatic rings. The van der Waals surface area contributed by atoms with Crippen molar-refractivity contribution in [1.29, 1.82) is 0 Å². The zero-order valence-electron chi connectivity index (χ0n) is 18.7. The first-order chi connectivity index (χ1) is 14.2. The Morgan fingerprint density at radius 2 is 1.80 bits per heavy atom. The first kappa shape index (κ1) is 26.6. The highest BCUT2D eigenvalue weighted by Gasteiger charge is 2.22. The quantitative estimate of drug-likeness (QED) is 0.409. The number of halogens is 1. The number of alkyl carbamates (subject to hydrolysis) is 1. The number of carbonyl (C=O) groups excluding carboxylic acids is 1. The molecule has 0 aliphatic carbocycles. The lowest BCUT2D eigenvalue weighted by molar-refractivity contribution is -0.0847. The van der Waals surface area contributed by atoms with Crippen LogP contribution in [0.4, 0.5) is 4.79 Å². The van der Waals surface area contributed by atoms with Crippen molar-refractivity contribution in [2.24, 2.45) is 0 Å². The van der Waals surface area contributed by atoms with E-state index in [-0.39, 0.29) is 26.2 Å². The summed E-state index contributed by atoms with van der Waals surface area (Å²) in [6.45, 7) is 8.31. The molecule has 1 aromatic carbocycles. The van der Waals surface area contributed by atoms with Gasteiger partial charge in [0.1, 0.15) is 37.6 Å². The van der Waals surface area contributed by atoms with Gasteiger partial charge in [-0.3, -0.25) is 0 Å². The maximum atomic E-state index is 12.0. The molecule has 9 heteroatoms. The third-order valence-electron chi connectivity index (χ3n) is 3.86. The summed E-state index contributed by atoms with van der Waals surface area (Å²) in [7, 11) is 3.12. The average Bonchev–Trinajstić information content (AvgIpc) is 2.68. The largest absolute Gasteiger partial charge is 0.490 e. The van der Waals surface area contributed by atoms with Crippen LogP contribution in [0.5, 0.6) is 5.75 Å². The van der Waals surface area contributed by atoms with Gasteiger partial charge >= 0.3 is 6.09 Å². The van der Waals surface area contributed by atoms with Crippen LogP contribution in [0.1, 0.15) is 45.8 Å². The molecule has 0 heterocycles. The molecule has 0 saturated carbocycles. The van der Waals surface area contributed by atoms with Gasteiger partial charge < -0.3 is 33.7 Å². The maximum absolute atomic E-state index is 12.0. The Morgan fingerprint density at radius 3 is 2.40 bits per heavy atom. The van der Waals surface area contributed by atoms with Crippen LogP contribution in [0, 0.1) is 0 Å². The van der Waals surface area contributed by atoms with Crippen LogP contribution in [0.3, 0.4) is 0 Å². The van der Waals surface area contributed by atoms with E-state index in [9.17, 15) is 4.79 Å². The summed E-state index contributed by atoms with van der Waals surface area (Å²) in [6, 6.07) is 5.61. The summed E-state index contributed by atoms with van der Waals surface area (Å²) in [5.74, 6) is 0.648. The van der Waals surface area contributed by atoms with Crippen LogP contribution < -0.4 is 10.1 Å². The third kappa shape index (κ3) is 10.1. The Hall–Kier alpha value is -1.39. The lowest BCUT2D eigenvalue weighted by Crippen LogP contribution is -2.35. The molecule has 0 bridgehead atoms. The van der Waals surface area contributed by atoms with E-state index in [1.807, 2.05) is 45.9 Å². The fraction of sp³-hybridized carbons (Fsp3) is 0.667. The van der Waals surface area contributed by atoms with Crippen LogP contribution in [0.15, 0.2) is 22.7 Å². The highest BCUT2D eigenvalue weighted by atomic mass is 79.9. The van der Waals surface area contributed by atoms with E-state index >= 15 is 0 Å². The molecule has 172 valence electrons. The SMILES string of the molecule is CC[C@H](COc1cccc(C(CNC(=O)OC(C)(C)C)OCOC)c1Br)OCOC. The molecule has 0 fully saturated rings. The second kappa shape index (κ2) is 13.8. The molecule has 1 rings (SSSR count). The van der Waals surface area contributed by atoms with Crippen LogP contribution in [-0.2, 0) is 23.7 Å². The van der Waals surface area contributed by atoms with Crippen LogP contribution >= 0.6 is 15.9 Å². The van der Waals surface area contributed by atoms with Crippen molar-refractivity contribution in [3.8, 4) is 5.75 Å². The first-order valence-electron chi connectivity index (χ1n) is 9.80. The zero-order chi connectivity index (χ0) is 22.6. The Labute approximate surface area is 187 Å². The van der Waals surface area contributed by atoms with Gasteiger partial charge in [-0.2, -0.15) is 0 Å². The minimum Gasteiger partial charge on any atom is -0.490 e. The summed E-state index contributed by atoms with van der Waals surface area (Å²) in [5.41, 5.74) is 0.230. The fourth-order valence-electron chi connectivity index (χ4n) is 2.42. The molecule has 0 saturated heterocycles. The topological polar surface area (TPSA) is 84.5 Å². The van der Waals surface area contributed by atoms with Gasteiger partial charge in [0.2, 0.25) is 0 Å². The molecule has 1 N–H and O–H groups in total. The van der Waals surface area contributed by atoms with Crippen LogP contribution in [0.25, 0.3) is 0 Å². The molecule has 1 amide bonds. The molecule has 0 radical (unpaired) electrons. The summed E-state index contributed by atoms with van der Waals surface area (Å²) >= 11 is 3.60. The van der Waals surface area contributed by atoms with E-state index in [0.717, 1.165) is 16.5 Å². The number of amides is 1. The van der Waals surface area contributed by atoms with Gasteiger partial charge in [0.15, 0.2) is 0 Å². The van der Waals surface area contributed by atoms with Gasteiger partial charge in [-0.05, 0) is 49.2 Å². The maximum Gasteiger partial charge on any atom is 0.407 e. The van der Waals surface area contributed by atoms with Gasteiger partial charge in [-0.15, -0.1) is 0 Å². The summed E-state index contributed by atoms with van der Waals surface area (Å²) in [6.07, 6.45) is -0.282. The molecule has 0 spiro atoms. The fourth-order valence-corrected chi connectivity index (χ4v) is 3.05. The number of hydrogen-bond donors (Lipinski definition) is 1.